The average molecular weight is 224 g/mol. The minimum Gasteiger partial charge on any atom is -0.480 e. The summed E-state index contributed by atoms with van der Waals surface area (Å²) in [6, 6.07) is 4.69. The first kappa shape index (κ1) is 12.6. The maximum absolute atomic E-state index is 10.9. The highest BCUT2D eigenvalue weighted by molar-refractivity contribution is 5.73. The SMILES string of the molecule is COCC(N[C@@H](C)c1ccccn1)C(=O)O. The molecule has 0 aliphatic heterocycles. The van der Waals surface area contributed by atoms with Gasteiger partial charge in [0.05, 0.1) is 12.3 Å². The van der Waals surface area contributed by atoms with Crippen LogP contribution in [-0.2, 0) is 9.53 Å². The predicted molar refractivity (Wildman–Crippen MR) is 59.1 cm³/mol. The van der Waals surface area contributed by atoms with Crippen LogP contribution in [0, 0.1) is 0 Å². The summed E-state index contributed by atoms with van der Waals surface area (Å²) in [6.07, 6.45) is 1.68. The molecule has 0 aliphatic carbocycles. The van der Waals surface area contributed by atoms with Crippen LogP contribution in [0.25, 0.3) is 0 Å². The highest BCUT2D eigenvalue weighted by Crippen LogP contribution is 2.09. The van der Waals surface area contributed by atoms with E-state index in [4.69, 9.17) is 9.84 Å². The molecular weight excluding hydrogens is 208 g/mol. The van der Waals surface area contributed by atoms with Crippen LogP contribution in [0.4, 0.5) is 0 Å². The molecule has 1 aromatic rings. The van der Waals surface area contributed by atoms with E-state index in [1.807, 2.05) is 25.1 Å². The Bertz CT molecular complexity index is 329. The van der Waals surface area contributed by atoms with Gasteiger partial charge in [0.25, 0.3) is 0 Å². The molecular formula is C11H16N2O3. The van der Waals surface area contributed by atoms with E-state index in [9.17, 15) is 4.79 Å². The molecule has 88 valence electrons. The van der Waals surface area contributed by atoms with Gasteiger partial charge in [-0.15, -0.1) is 0 Å². The van der Waals surface area contributed by atoms with E-state index in [0.29, 0.717) is 0 Å². The molecule has 0 aromatic carbocycles. The van der Waals surface area contributed by atoms with E-state index in [1.54, 1.807) is 6.20 Å². The van der Waals surface area contributed by atoms with E-state index in [0.717, 1.165) is 5.69 Å². The minimum atomic E-state index is -0.926. The van der Waals surface area contributed by atoms with E-state index in [2.05, 4.69) is 10.3 Å². The lowest BCUT2D eigenvalue weighted by Gasteiger charge is -2.18. The summed E-state index contributed by atoms with van der Waals surface area (Å²) in [7, 11) is 1.48. The molecule has 1 rings (SSSR count). The highest BCUT2D eigenvalue weighted by atomic mass is 16.5. The van der Waals surface area contributed by atoms with Crippen LogP contribution in [0.5, 0.6) is 0 Å². The molecule has 0 saturated heterocycles. The van der Waals surface area contributed by atoms with Crippen molar-refractivity contribution in [1.29, 1.82) is 0 Å². The fourth-order valence-corrected chi connectivity index (χ4v) is 1.38. The maximum Gasteiger partial charge on any atom is 0.323 e. The standard InChI is InChI=1S/C11H16N2O3/c1-8(9-5-3-4-6-12-9)13-10(7-16-2)11(14)15/h3-6,8,10,13H,7H2,1-2H3,(H,14,15)/t8-,10?/m0/s1. The lowest BCUT2D eigenvalue weighted by Crippen LogP contribution is -2.41. The Morgan fingerprint density at radius 2 is 2.38 bits per heavy atom. The van der Waals surface area contributed by atoms with Gasteiger partial charge >= 0.3 is 5.97 Å². The van der Waals surface area contributed by atoms with Gasteiger partial charge < -0.3 is 9.84 Å². The van der Waals surface area contributed by atoms with Crippen LogP contribution in [0.15, 0.2) is 24.4 Å². The van der Waals surface area contributed by atoms with Crippen LogP contribution < -0.4 is 5.32 Å². The second-order valence-corrected chi connectivity index (χ2v) is 3.49. The number of rotatable bonds is 6. The van der Waals surface area contributed by atoms with Gasteiger partial charge in [-0.3, -0.25) is 15.1 Å². The predicted octanol–water partition coefficient (Wildman–Crippen LogP) is 0.832. The zero-order valence-electron chi connectivity index (χ0n) is 9.38. The van der Waals surface area contributed by atoms with Crippen molar-refractivity contribution in [2.75, 3.05) is 13.7 Å². The lowest BCUT2D eigenvalue weighted by molar-refractivity contribution is -0.141. The molecule has 1 aromatic heterocycles. The number of carboxylic acids is 1. The number of hydrogen-bond acceptors (Lipinski definition) is 4. The second kappa shape index (κ2) is 6.19. The van der Waals surface area contributed by atoms with Gasteiger partial charge in [0.15, 0.2) is 0 Å². The average Bonchev–Trinajstić information content (AvgIpc) is 2.29. The van der Waals surface area contributed by atoms with Crippen molar-refractivity contribution in [2.24, 2.45) is 0 Å². The quantitative estimate of drug-likeness (QED) is 0.749. The first-order valence-corrected chi connectivity index (χ1v) is 5.04. The number of hydrogen-bond donors (Lipinski definition) is 2. The molecule has 2 N–H and O–H groups in total. The van der Waals surface area contributed by atoms with Gasteiger partial charge in [-0.2, -0.15) is 0 Å². The van der Waals surface area contributed by atoms with Crippen molar-refractivity contribution < 1.29 is 14.6 Å². The normalized spacial score (nSPS) is 14.4. The fourth-order valence-electron chi connectivity index (χ4n) is 1.38. The summed E-state index contributed by atoms with van der Waals surface area (Å²) in [5.74, 6) is -0.926. The molecule has 0 spiro atoms. The fraction of sp³-hybridized carbons (Fsp3) is 0.455. The summed E-state index contributed by atoms with van der Waals surface area (Å²) in [6.45, 7) is 2.00. The number of nitrogens with zero attached hydrogens (tertiary/aromatic N) is 1. The van der Waals surface area contributed by atoms with Gasteiger partial charge in [0, 0.05) is 19.3 Å². The summed E-state index contributed by atoms with van der Waals surface area (Å²) in [5.41, 5.74) is 0.810. The number of methoxy groups -OCH3 is 1. The van der Waals surface area contributed by atoms with Crippen LogP contribution in [-0.4, -0.2) is 35.8 Å². The summed E-state index contributed by atoms with van der Waals surface area (Å²) in [5, 5.41) is 11.9. The Labute approximate surface area is 94.5 Å². The minimum absolute atomic E-state index is 0.127. The first-order valence-electron chi connectivity index (χ1n) is 5.04. The number of carboxylic acid groups (broad SMARTS) is 1. The molecule has 0 fully saturated rings. The summed E-state index contributed by atoms with van der Waals surface area (Å²) >= 11 is 0. The van der Waals surface area contributed by atoms with Crippen molar-refractivity contribution in [1.82, 2.24) is 10.3 Å². The molecule has 5 heteroatoms. The summed E-state index contributed by atoms with van der Waals surface area (Å²) < 4.78 is 4.84. The Morgan fingerprint density at radius 1 is 1.62 bits per heavy atom. The molecule has 1 unspecified atom stereocenters. The van der Waals surface area contributed by atoms with Gasteiger partial charge in [0.1, 0.15) is 6.04 Å². The van der Waals surface area contributed by atoms with E-state index < -0.39 is 12.0 Å². The van der Waals surface area contributed by atoms with Gasteiger partial charge in [-0.05, 0) is 19.1 Å². The Hall–Kier alpha value is -1.46. The molecule has 0 bridgehead atoms. The lowest BCUT2D eigenvalue weighted by atomic mass is 10.2. The zero-order chi connectivity index (χ0) is 12.0. The number of nitrogens with one attached hydrogen (secondary N) is 1. The first-order chi connectivity index (χ1) is 7.65. The van der Waals surface area contributed by atoms with Crippen LogP contribution in [0.3, 0.4) is 0 Å². The van der Waals surface area contributed by atoms with Crippen LogP contribution >= 0.6 is 0 Å². The molecule has 0 amide bonds. The zero-order valence-corrected chi connectivity index (χ0v) is 9.38. The largest absolute Gasteiger partial charge is 0.480 e. The smallest absolute Gasteiger partial charge is 0.323 e. The van der Waals surface area contributed by atoms with E-state index in [1.165, 1.54) is 7.11 Å². The Balaban J connectivity index is 2.61. The van der Waals surface area contributed by atoms with Gasteiger partial charge in [0.2, 0.25) is 0 Å². The molecule has 0 radical (unpaired) electrons. The second-order valence-electron chi connectivity index (χ2n) is 3.49. The van der Waals surface area contributed by atoms with Crippen molar-refractivity contribution in [3.63, 3.8) is 0 Å². The molecule has 2 atom stereocenters. The van der Waals surface area contributed by atoms with E-state index >= 15 is 0 Å². The number of carbonyl (C=O) groups is 1. The maximum atomic E-state index is 10.9. The Kier molecular flexibility index (Phi) is 4.88. The van der Waals surface area contributed by atoms with E-state index in [-0.39, 0.29) is 12.6 Å². The number of pyridine rings is 1. The third-order valence-corrected chi connectivity index (χ3v) is 2.21. The van der Waals surface area contributed by atoms with Crippen LogP contribution in [0.2, 0.25) is 0 Å². The molecule has 1 heterocycles. The van der Waals surface area contributed by atoms with Gasteiger partial charge in [-0.25, -0.2) is 0 Å². The van der Waals surface area contributed by atoms with Crippen molar-refractivity contribution in [3.05, 3.63) is 30.1 Å². The van der Waals surface area contributed by atoms with Crippen molar-refractivity contribution in [2.45, 2.75) is 19.0 Å². The topological polar surface area (TPSA) is 71.5 Å². The van der Waals surface area contributed by atoms with Gasteiger partial charge in [-0.1, -0.05) is 6.07 Å². The molecule has 16 heavy (non-hydrogen) atoms. The summed E-state index contributed by atoms with van der Waals surface area (Å²) in [4.78, 5) is 15.0. The molecule has 5 nitrogen and oxygen atoms in total. The third-order valence-electron chi connectivity index (χ3n) is 2.21. The molecule has 0 aliphatic rings. The third kappa shape index (κ3) is 3.60. The number of aliphatic carboxylic acids is 1. The number of aromatic nitrogens is 1. The van der Waals surface area contributed by atoms with Crippen molar-refractivity contribution in [3.8, 4) is 0 Å². The number of ether oxygens (including phenoxy) is 1. The highest BCUT2D eigenvalue weighted by Gasteiger charge is 2.20. The monoisotopic (exact) mass is 224 g/mol. The van der Waals surface area contributed by atoms with Crippen LogP contribution in [0.1, 0.15) is 18.7 Å². The molecule has 0 saturated carbocycles. The van der Waals surface area contributed by atoms with Crippen molar-refractivity contribution >= 4 is 5.97 Å². The Morgan fingerprint density at radius 3 is 2.88 bits per heavy atom.